The summed E-state index contributed by atoms with van der Waals surface area (Å²) in [6.07, 6.45) is 4.63. The third-order valence-corrected chi connectivity index (χ3v) is 3.66. The predicted molar refractivity (Wildman–Crippen MR) is 83.4 cm³/mol. The molecule has 0 saturated heterocycles. The summed E-state index contributed by atoms with van der Waals surface area (Å²) >= 11 is 0. The van der Waals surface area contributed by atoms with Gasteiger partial charge >= 0.3 is 5.97 Å². The summed E-state index contributed by atoms with van der Waals surface area (Å²) in [5.41, 5.74) is 1.21. The summed E-state index contributed by atoms with van der Waals surface area (Å²) in [5, 5.41) is 11.9. The van der Waals surface area contributed by atoms with Crippen molar-refractivity contribution in [2.24, 2.45) is 5.92 Å². The highest BCUT2D eigenvalue weighted by Gasteiger charge is 2.14. The van der Waals surface area contributed by atoms with Crippen LogP contribution in [-0.4, -0.2) is 23.5 Å². The first kappa shape index (κ1) is 17.2. The highest BCUT2D eigenvalue weighted by molar-refractivity contribution is 5.87. The Morgan fingerprint density at radius 1 is 1.29 bits per heavy atom. The lowest BCUT2D eigenvalue weighted by Gasteiger charge is -2.14. The minimum absolute atomic E-state index is 0.0929. The van der Waals surface area contributed by atoms with Gasteiger partial charge in [-0.2, -0.15) is 0 Å². The molecule has 1 atom stereocenters. The zero-order valence-corrected chi connectivity index (χ0v) is 12.9. The molecule has 1 aromatic rings. The van der Waals surface area contributed by atoms with Crippen molar-refractivity contribution in [2.75, 3.05) is 6.54 Å². The lowest BCUT2D eigenvalue weighted by atomic mass is 9.98. The van der Waals surface area contributed by atoms with Crippen LogP contribution in [0.2, 0.25) is 0 Å². The first-order chi connectivity index (χ1) is 10.1. The normalized spacial score (nSPS) is 11.9. The first-order valence-corrected chi connectivity index (χ1v) is 7.68. The van der Waals surface area contributed by atoms with Gasteiger partial charge in [-0.25, -0.2) is 4.79 Å². The van der Waals surface area contributed by atoms with Crippen LogP contribution in [0.1, 0.15) is 55.5 Å². The van der Waals surface area contributed by atoms with Gasteiger partial charge in [0.15, 0.2) is 0 Å². The molecule has 4 nitrogen and oxygen atoms in total. The number of benzene rings is 1. The van der Waals surface area contributed by atoms with Gasteiger partial charge in [0.2, 0.25) is 5.91 Å². The first-order valence-electron chi connectivity index (χ1n) is 7.68. The van der Waals surface area contributed by atoms with Crippen LogP contribution in [0.25, 0.3) is 0 Å². The molecule has 0 heterocycles. The average molecular weight is 291 g/mol. The highest BCUT2D eigenvalue weighted by atomic mass is 16.4. The molecule has 0 aliphatic rings. The van der Waals surface area contributed by atoms with Crippen molar-refractivity contribution >= 4 is 11.9 Å². The van der Waals surface area contributed by atoms with Gasteiger partial charge in [-0.3, -0.25) is 4.79 Å². The molecule has 1 amide bonds. The van der Waals surface area contributed by atoms with Crippen molar-refractivity contribution in [1.29, 1.82) is 0 Å². The zero-order chi connectivity index (χ0) is 15.7. The van der Waals surface area contributed by atoms with E-state index in [1.54, 1.807) is 18.2 Å². The van der Waals surface area contributed by atoms with Gasteiger partial charge in [0, 0.05) is 12.5 Å². The lowest BCUT2D eigenvalue weighted by Crippen LogP contribution is -2.32. The van der Waals surface area contributed by atoms with Crippen molar-refractivity contribution in [3.8, 4) is 0 Å². The van der Waals surface area contributed by atoms with E-state index in [0.29, 0.717) is 13.0 Å². The Labute approximate surface area is 126 Å². The number of carboxylic acid groups (broad SMARTS) is 1. The molecule has 1 rings (SSSR count). The molecule has 0 bridgehead atoms. The predicted octanol–water partition coefficient (Wildman–Crippen LogP) is 3.26. The largest absolute Gasteiger partial charge is 0.478 e. The van der Waals surface area contributed by atoms with E-state index < -0.39 is 5.97 Å². The van der Waals surface area contributed by atoms with Crippen LogP contribution in [0, 0.1) is 5.92 Å². The Balaban J connectivity index is 2.43. The summed E-state index contributed by atoms with van der Waals surface area (Å²) in [4.78, 5) is 22.9. The molecule has 1 aromatic carbocycles. The second-order valence-corrected chi connectivity index (χ2v) is 5.29. The van der Waals surface area contributed by atoms with Gasteiger partial charge in [0.25, 0.3) is 0 Å². The maximum Gasteiger partial charge on any atom is 0.335 e. The maximum atomic E-state index is 12.0. The number of rotatable bonds is 9. The topological polar surface area (TPSA) is 66.4 Å². The van der Waals surface area contributed by atoms with Gasteiger partial charge in [-0.15, -0.1) is 0 Å². The van der Waals surface area contributed by atoms with E-state index in [4.69, 9.17) is 5.11 Å². The monoisotopic (exact) mass is 291 g/mol. The summed E-state index contributed by atoms with van der Waals surface area (Å²) in [7, 11) is 0. The fourth-order valence-corrected chi connectivity index (χ4v) is 2.31. The van der Waals surface area contributed by atoms with E-state index in [9.17, 15) is 9.59 Å². The fraction of sp³-hybridized carbons (Fsp3) is 0.529. The molecule has 116 valence electrons. The summed E-state index contributed by atoms with van der Waals surface area (Å²) in [5.74, 6) is -0.720. The molecule has 0 aliphatic heterocycles. The molecule has 1 unspecified atom stereocenters. The van der Waals surface area contributed by atoms with Gasteiger partial charge in [-0.1, -0.05) is 38.8 Å². The van der Waals surface area contributed by atoms with Crippen molar-refractivity contribution in [3.05, 3.63) is 35.4 Å². The van der Waals surface area contributed by atoms with Crippen LogP contribution >= 0.6 is 0 Å². The van der Waals surface area contributed by atoms with Crippen LogP contribution in [0.4, 0.5) is 0 Å². The Morgan fingerprint density at radius 2 is 2.05 bits per heavy atom. The second kappa shape index (κ2) is 9.16. The van der Waals surface area contributed by atoms with Gasteiger partial charge in [0.05, 0.1) is 5.56 Å². The van der Waals surface area contributed by atoms with Crippen molar-refractivity contribution in [1.82, 2.24) is 5.32 Å². The molecule has 4 heteroatoms. The number of carboxylic acids is 1. The molecular formula is C17H25NO3. The minimum Gasteiger partial charge on any atom is -0.478 e. The number of nitrogens with one attached hydrogen (secondary N) is 1. The number of carbonyl (C=O) groups excluding carboxylic acids is 1. The number of hydrogen-bond acceptors (Lipinski definition) is 2. The maximum absolute atomic E-state index is 12.0. The second-order valence-electron chi connectivity index (χ2n) is 5.29. The molecule has 0 spiro atoms. The summed E-state index contributed by atoms with van der Waals surface area (Å²) < 4.78 is 0. The number of amides is 1. The lowest BCUT2D eigenvalue weighted by molar-refractivity contribution is -0.125. The van der Waals surface area contributed by atoms with E-state index in [2.05, 4.69) is 12.2 Å². The van der Waals surface area contributed by atoms with Gasteiger partial charge in [-0.05, 0) is 37.0 Å². The number of aromatic carboxylic acids is 1. The number of carbonyl (C=O) groups is 2. The summed E-state index contributed by atoms with van der Waals surface area (Å²) in [6, 6.07) is 6.84. The van der Waals surface area contributed by atoms with Crippen molar-refractivity contribution in [3.63, 3.8) is 0 Å². The Bertz CT molecular complexity index is 471. The standard InChI is InChI=1S/C17H25NO3/c1-3-5-8-14(4-2)16(19)18-11-10-13-7-6-9-15(12-13)17(20)21/h6-7,9,12,14H,3-5,8,10-11H2,1-2H3,(H,18,19)(H,20,21). The van der Waals surface area contributed by atoms with Crippen LogP contribution < -0.4 is 5.32 Å². The molecule has 0 fully saturated rings. The summed E-state index contributed by atoms with van der Waals surface area (Å²) in [6.45, 7) is 4.71. The van der Waals surface area contributed by atoms with Gasteiger partial charge < -0.3 is 10.4 Å². The minimum atomic E-state index is -0.925. The zero-order valence-electron chi connectivity index (χ0n) is 12.9. The highest BCUT2D eigenvalue weighted by Crippen LogP contribution is 2.12. The molecule has 2 N–H and O–H groups in total. The SMILES string of the molecule is CCCCC(CC)C(=O)NCCc1cccc(C(=O)O)c1. The van der Waals surface area contributed by atoms with E-state index in [1.165, 1.54) is 0 Å². The van der Waals surface area contributed by atoms with Crippen LogP contribution in [0.5, 0.6) is 0 Å². The van der Waals surface area contributed by atoms with Crippen LogP contribution in [-0.2, 0) is 11.2 Å². The van der Waals surface area contributed by atoms with Crippen LogP contribution in [0.15, 0.2) is 24.3 Å². The van der Waals surface area contributed by atoms with E-state index >= 15 is 0 Å². The van der Waals surface area contributed by atoms with Gasteiger partial charge in [0.1, 0.15) is 0 Å². The molecule has 0 saturated carbocycles. The molecule has 0 aromatic heterocycles. The van der Waals surface area contributed by atoms with Crippen molar-refractivity contribution in [2.45, 2.75) is 46.0 Å². The van der Waals surface area contributed by atoms with E-state index in [1.807, 2.05) is 13.0 Å². The van der Waals surface area contributed by atoms with E-state index in [-0.39, 0.29) is 17.4 Å². The molecular weight excluding hydrogens is 266 g/mol. The Morgan fingerprint density at radius 3 is 2.67 bits per heavy atom. The van der Waals surface area contributed by atoms with E-state index in [0.717, 1.165) is 31.2 Å². The molecule has 0 aliphatic carbocycles. The average Bonchev–Trinajstić information content (AvgIpc) is 2.48. The smallest absolute Gasteiger partial charge is 0.335 e. The molecule has 21 heavy (non-hydrogen) atoms. The van der Waals surface area contributed by atoms with Crippen LogP contribution in [0.3, 0.4) is 0 Å². The van der Waals surface area contributed by atoms with Crippen molar-refractivity contribution < 1.29 is 14.7 Å². The fourth-order valence-electron chi connectivity index (χ4n) is 2.31. The molecule has 0 radical (unpaired) electrons. The Hall–Kier alpha value is -1.84. The Kier molecular flexibility index (Phi) is 7.51. The third kappa shape index (κ3) is 5.98. The number of unbranched alkanes of at least 4 members (excludes halogenated alkanes) is 1. The third-order valence-electron chi connectivity index (χ3n) is 3.66. The quantitative estimate of drug-likeness (QED) is 0.734. The number of hydrogen-bond donors (Lipinski definition) is 2.